The number of thiol groups is 1. The van der Waals surface area contributed by atoms with Crippen molar-refractivity contribution in [1.29, 1.82) is 0 Å². The smallest absolute Gasteiger partial charge is 0.207 e. The molecule has 0 saturated carbocycles. The first-order valence-electron chi connectivity index (χ1n) is 4.54. The van der Waals surface area contributed by atoms with Crippen LogP contribution in [0.1, 0.15) is 22.7 Å². The molecule has 0 fully saturated rings. The van der Waals surface area contributed by atoms with Gasteiger partial charge in [0.25, 0.3) is 0 Å². The van der Waals surface area contributed by atoms with Crippen molar-refractivity contribution in [1.82, 2.24) is 5.32 Å². The lowest BCUT2D eigenvalue weighted by Crippen LogP contribution is -2.14. The molecule has 1 aromatic heterocycles. The Kier molecular flexibility index (Phi) is 5.21. The van der Waals surface area contributed by atoms with Crippen LogP contribution >= 0.6 is 24.0 Å². The summed E-state index contributed by atoms with van der Waals surface area (Å²) in [7, 11) is 0. The Balaban J connectivity index is 2.67. The Labute approximate surface area is 99.1 Å². The largest absolute Gasteiger partial charge is 0.351 e. The van der Waals surface area contributed by atoms with Gasteiger partial charge < -0.3 is 5.32 Å². The predicted octanol–water partition coefficient (Wildman–Crippen LogP) is 3.01. The van der Waals surface area contributed by atoms with Crippen molar-refractivity contribution in [3.8, 4) is 0 Å². The van der Waals surface area contributed by atoms with Crippen LogP contribution in [-0.2, 0) is 4.79 Å². The van der Waals surface area contributed by atoms with Gasteiger partial charge in [-0.2, -0.15) is 12.6 Å². The number of carbonyl (C=O) groups excluding carboxylic acids is 1. The summed E-state index contributed by atoms with van der Waals surface area (Å²) in [5.41, 5.74) is 0. The lowest BCUT2D eigenvalue weighted by atomic mass is 10.3. The van der Waals surface area contributed by atoms with Crippen molar-refractivity contribution in [2.24, 2.45) is 0 Å². The molecule has 1 atom stereocenters. The Bertz CT molecular complexity index is 368. The van der Waals surface area contributed by atoms with Gasteiger partial charge in [-0.05, 0) is 30.5 Å². The predicted molar refractivity (Wildman–Crippen MR) is 69.1 cm³/mol. The molecule has 15 heavy (non-hydrogen) atoms. The monoisotopic (exact) mass is 239 g/mol. The van der Waals surface area contributed by atoms with Gasteiger partial charge in [0, 0.05) is 9.75 Å². The number of hydrogen-bond donors (Lipinski definition) is 2. The van der Waals surface area contributed by atoms with Crippen LogP contribution in [0.2, 0.25) is 0 Å². The highest BCUT2D eigenvalue weighted by atomic mass is 32.1. The second-order valence-corrected chi connectivity index (χ2v) is 4.39. The second kappa shape index (κ2) is 6.48. The second-order valence-electron chi connectivity index (χ2n) is 2.95. The number of allylic oxidation sites excluding steroid dienone is 2. The first-order chi connectivity index (χ1) is 7.27. The third-order valence-corrected chi connectivity index (χ3v) is 3.26. The van der Waals surface area contributed by atoms with Crippen LogP contribution in [0.3, 0.4) is 0 Å². The minimum absolute atomic E-state index is 0.0788. The zero-order chi connectivity index (χ0) is 11.1. The fourth-order valence-corrected chi connectivity index (χ4v) is 2.11. The Morgan fingerprint density at radius 2 is 2.27 bits per heavy atom. The molecule has 0 aliphatic carbocycles. The summed E-state index contributed by atoms with van der Waals surface area (Å²) in [6.45, 7) is 1.96. The third-order valence-electron chi connectivity index (χ3n) is 1.85. The normalized spacial score (nSPS) is 13.5. The summed E-state index contributed by atoms with van der Waals surface area (Å²) in [4.78, 5) is 12.6. The van der Waals surface area contributed by atoms with Gasteiger partial charge in [-0.25, -0.2) is 0 Å². The molecule has 0 aliphatic rings. The van der Waals surface area contributed by atoms with Gasteiger partial charge in [-0.3, -0.25) is 4.79 Å². The molecule has 4 heteroatoms. The van der Waals surface area contributed by atoms with Gasteiger partial charge >= 0.3 is 0 Å². The van der Waals surface area contributed by atoms with Crippen LogP contribution in [0.4, 0.5) is 0 Å². The number of amides is 1. The maximum atomic E-state index is 10.3. The van der Waals surface area contributed by atoms with E-state index in [0.717, 1.165) is 16.2 Å². The van der Waals surface area contributed by atoms with Gasteiger partial charge in [0.15, 0.2) is 0 Å². The Hall–Kier alpha value is -1.000. The van der Waals surface area contributed by atoms with Crippen molar-refractivity contribution < 1.29 is 4.79 Å². The molecule has 0 bridgehead atoms. The molecule has 1 unspecified atom stereocenters. The lowest BCUT2D eigenvalue weighted by molar-refractivity contribution is -0.110. The van der Waals surface area contributed by atoms with Crippen LogP contribution in [0.5, 0.6) is 0 Å². The average molecular weight is 239 g/mol. The fraction of sp³-hybridized carbons (Fsp3) is 0.182. The topological polar surface area (TPSA) is 29.1 Å². The van der Waals surface area contributed by atoms with Crippen molar-refractivity contribution >= 4 is 36.5 Å². The van der Waals surface area contributed by atoms with E-state index in [1.165, 1.54) is 0 Å². The molecular formula is C11H13NOS2. The average Bonchev–Trinajstić information content (AvgIpc) is 2.67. The van der Waals surface area contributed by atoms with Gasteiger partial charge in [0.05, 0.1) is 6.04 Å². The van der Waals surface area contributed by atoms with Gasteiger partial charge in [-0.1, -0.05) is 12.2 Å². The van der Waals surface area contributed by atoms with Gasteiger partial charge in [-0.15, -0.1) is 11.3 Å². The molecule has 1 amide bonds. The summed E-state index contributed by atoms with van der Waals surface area (Å²) in [5, 5.41) is 4.40. The van der Waals surface area contributed by atoms with E-state index in [4.69, 9.17) is 0 Å². The van der Waals surface area contributed by atoms with E-state index in [9.17, 15) is 4.79 Å². The summed E-state index contributed by atoms with van der Waals surface area (Å²) < 4.78 is 0. The van der Waals surface area contributed by atoms with E-state index in [-0.39, 0.29) is 6.04 Å². The van der Waals surface area contributed by atoms with Crippen molar-refractivity contribution in [2.75, 3.05) is 0 Å². The van der Waals surface area contributed by atoms with Crippen LogP contribution in [0.15, 0.2) is 29.7 Å². The highest BCUT2D eigenvalue weighted by molar-refractivity contribution is 7.83. The quantitative estimate of drug-likeness (QED) is 0.461. The summed E-state index contributed by atoms with van der Waals surface area (Å²) in [5.74, 6) is 0. The summed E-state index contributed by atoms with van der Waals surface area (Å²) in [6, 6.07) is 4.14. The summed E-state index contributed by atoms with van der Waals surface area (Å²) in [6.07, 6.45) is 6.52. The number of thiophene rings is 1. The molecule has 2 nitrogen and oxygen atoms in total. The zero-order valence-electron chi connectivity index (χ0n) is 8.38. The molecule has 0 saturated heterocycles. The lowest BCUT2D eigenvalue weighted by Gasteiger charge is -2.05. The van der Waals surface area contributed by atoms with Crippen molar-refractivity contribution in [3.05, 3.63) is 39.4 Å². The van der Waals surface area contributed by atoms with Crippen LogP contribution < -0.4 is 5.32 Å². The minimum Gasteiger partial charge on any atom is -0.351 e. The Morgan fingerprint density at radius 1 is 1.47 bits per heavy atom. The number of hydrogen-bond acceptors (Lipinski definition) is 3. The van der Waals surface area contributed by atoms with E-state index < -0.39 is 0 Å². The van der Waals surface area contributed by atoms with E-state index in [0.29, 0.717) is 0 Å². The highest BCUT2D eigenvalue weighted by Crippen LogP contribution is 2.23. The van der Waals surface area contributed by atoms with Gasteiger partial charge in [0.1, 0.15) is 0 Å². The maximum absolute atomic E-state index is 10.3. The van der Waals surface area contributed by atoms with Crippen LogP contribution in [-0.4, -0.2) is 6.41 Å². The maximum Gasteiger partial charge on any atom is 0.207 e. The Morgan fingerprint density at radius 3 is 2.93 bits per heavy atom. The van der Waals surface area contributed by atoms with Crippen LogP contribution in [0, 0.1) is 0 Å². The summed E-state index contributed by atoms with van der Waals surface area (Å²) >= 11 is 5.62. The van der Waals surface area contributed by atoms with E-state index in [2.05, 4.69) is 17.9 Å². The first-order valence-corrected chi connectivity index (χ1v) is 5.88. The van der Waals surface area contributed by atoms with Gasteiger partial charge in [0.2, 0.25) is 6.41 Å². The van der Waals surface area contributed by atoms with E-state index >= 15 is 0 Å². The molecule has 80 valence electrons. The number of rotatable bonds is 5. The van der Waals surface area contributed by atoms with E-state index in [1.54, 1.807) is 16.7 Å². The third kappa shape index (κ3) is 3.93. The highest BCUT2D eigenvalue weighted by Gasteiger charge is 2.05. The zero-order valence-corrected chi connectivity index (χ0v) is 10.1. The molecule has 0 spiro atoms. The fourth-order valence-electron chi connectivity index (χ4n) is 1.07. The molecule has 1 heterocycles. The molecule has 0 aromatic carbocycles. The first kappa shape index (κ1) is 12.1. The SMILES string of the molecule is CC(NC=O)c1ccc(/C=C/C=C\S)s1. The molecular weight excluding hydrogens is 226 g/mol. The molecule has 1 rings (SSSR count). The van der Waals surface area contributed by atoms with E-state index in [1.807, 2.05) is 37.3 Å². The molecule has 0 radical (unpaired) electrons. The molecule has 1 N–H and O–H groups in total. The number of carbonyl (C=O) groups is 1. The van der Waals surface area contributed by atoms with Crippen molar-refractivity contribution in [2.45, 2.75) is 13.0 Å². The number of nitrogens with one attached hydrogen (secondary N) is 1. The molecule has 1 aromatic rings. The standard InChI is InChI=1S/C11H13NOS2/c1-9(12-8-13)11-6-5-10(15-11)4-2-3-7-14/h2-9,14H,1H3,(H,12,13)/b4-2+,7-3-. The van der Waals surface area contributed by atoms with Crippen LogP contribution in [0.25, 0.3) is 6.08 Å². The molecule has 0 aliphatic heterocycles. The van der Waals surface area contributed by atoms with Crippen molar-refractivity contribution in [3.63, 3.8) is 0 Å². The minimum atomic E-state index is 0.0788.